The summed E-state index contributed by atoms with van der Waals surface area (Å²) < 4.78 is 0. The highest BCUT2D eigenvalue weighted by Gasteiger charge is 2.15. The summed E-state index contributed by atoms with van der Waals surface area (Å²) in [5.41, 5.74) is 4.86. The number of nitrogens with zero attached hydrogens (tertiary/aromatic N) is 3. The van der Waals surface area contributed by atoms with E-state index in [4.69, 9.17) is 10.2 Å². The predicted molar refractivity (Wildman–Crippen MR) is 92.2 cm³/mol. The SMILES string of the molecule is c1ccc(-c2nn(-c3ccccc3)nc2-c2ccccc2)cc1. The van der Waals surface area contributed by atoms with E-state index in [1.807, 2.05) is 66.7 Å². The van der Waals surface area contributed by atoms with Gasteiger partial charge in [0.2, 0.25) is 0 Å². The van der Waals surface area contributed by atoms with Crippen molar-refractivity contribution in [1.29, 1.82) is 0 Å². The van der Waals surface area contributed by atoms with Crippen LogP contribution in [0.1, 0.15) is 0 Å². The molecule has 0 amide bonds. The highest BCUT2D eigenvalue weighted by Crippen LogP contribution is 2.29. The molecule has 0 saturated carbocycles. The second kappa shape index (κ2) is 5.89. The van der Waals surface area contributed by atoms with Crippen LogP contribution in [0.15, 0.2) is 91.0 Å². The lowest BCUT2D eigenvalue weighted by Gasteiger charge is -2.00. The van der Waals surface area contributed by atoms with Gasteiger partial charge >= 0.3 is 0 Å². The molecule has 110 valence electrons. The Balaban J connectivity index is 1.91. The molecule has 0 bridgehead atoms. The average molecular weight is 297 g/mol. The zero-order valence-corrected chi connectivity index (χ0v) is 12.5. The minimum atomic E-state index is 0.889. The fourth-order valence-electron chi connectivity index (χ4n) is 2.56. The van der Waals surface area contributed by atoms with Crippen LogP contribution in [-0.4, -0.2) is 15.0 Å². The Kier molecular flexibility index (Phi) is 3.45. The van der Waals surface area contributed by atoms with Crippen LogP contribution in [0.5, 0.6) is 0 Å². The Hall–Kier alpha value is -3.20. The molecule has 0 unspecified atom stereocenters. The molecule has 4 aromatic rings. The fraction of sp³-hybridized carbons (Fsp3) is 0. The van der Waals surface area contributed by atoms with E-state index in [1.54, 1.807) is 4.80 Å². The molecule has 0 aliphatic heterocycles. The van der Waals surface area contributed by atoms with Crippen LogP contribution in [-0.2, 0) is 0 Å². The quantitative estimate of drug-likeness (QED) is 0.553. The van der Waals surface area contributed by atoms with Gasteiger partial charge < -0.3 is 0 Å². The summed E-state index contributed by atoms with van der Waals surface area (Å²) in [5.74, 6) is 0. The summed E-state index contributed by atoms with van der Waals surface area (Å²) in [7, 11) is 0. The molecule has 1 heterocycles. The van der Waals surface area contributed by atoms with E-state index in [9.17, 15) is 0 Å². The van der Waals surface area contributed by atoms with Gasteiger partial charge in [-0.1, -0.05) is 78.9 Å². The van der Waals surface area contributed by atoms with Crippen LogP contribution >= 0.6 is 0 Å². The summed E-state index contributed by atoms with van der Waals surface area (Å²) >= 11 is 0. The van der Waals surface area contributed by atoms with Gasteiger partial charge in [-0.2, -0.15) is 4.80 Å². The van der Waals surface area contributed by atoms with Gasteiger partial charge in [0.05, 0.1) is 5.69 Å². The number of aromatic nitrogens is 3. The topological polar surface area (TPSA) is 30.7 Å². The monoisotopic (exact) mass is 297 g/mol. The summed E-state index contributed by atoms with van der Waals surface area (Å²) in [6, 6.07) is 30.3. The first-order valence-electron chi connectivity index (χ1n) is 7.55. The molecular weight excluding hydrogens is 282 g/mol. The van der Waals surface area contributed by atoms with Gasteiger partial charge in [0.1, 0.15) is 11.4 Å². The molecule has 0 radical (unpaired) electrons. The lowest BCUT2D eigenvalue weighted by Crippen LogP contribution is -1.98. The summed E-state index contributed by atoms with van der Waals surface area (Å²) in [5, 5.41) is 9.47. The van der Waals surface area contributed by atoms with E-state index >= 15 is 0 Å². The predicted octanol–water partition coefficient (Wildman–Crippen LogP) is 4.60. The van der Waals surface area contributed by atoms with Crippen LogP contribution < -0.4 is 0 Å². The Morgan fingerprint density at radius 1 is 0.478 bits per heavy atom. The molecule has 3 heteroatoms. The zero-order valence-electron chi connectivity index (χ0n) is 12.5. The van der Waals surface area contributed by atoms with Crippen molar-refractivity contribution in [2.45, 2.75) is 0 Å². The van der Waals surface area contributed by atoms with E-state index in [1.165, 1.54) is 0 Å². The third-order valence-corrected chi connectivity index (χ3v) is 3.70. The minimum Gasteiger partial charge on any atom is -0.150 e. The van der Waals surface area contributed by atoms with Gasteiger partial charge in [-0.3, -0.25) is 0 Å². The standard InChI is InChI=1S/C20H15N3/c1-4-10-16(11-5-1)19-20(17-12-6-2-7-13-17)22-23(21-19)18-14-8-3-9-15-18/h1-15H. The number of para-hydroxylation sites is 1. The molecule has 3 nitrogen and oxygen atoms in total. The number of benzene rings is 3. The lowest BCUT2D eigenvalue weighted by atomic mass is 10.1. The molecule has 0 fully saturated rings. The molecule has 0 aliphatic rings. The Morgan fingerprint density at radius 3 is 1.30 bits per heavy atom. The van der Waals surface area contributed by atoms with Crippen LogP contribution in [0.2, 0.25) is 0 Å². The van der Waals surface area contributed by atoms with Gasteiger partial charge in [0, 0.05) is 11.1 Å². The van der Waals surface area contributed by atoms with E-state index in [0.717, 1.165) is 28.2 Å². The molecule has 0 aliphatic carbocycles. The number of hydrogen-bond acceptors (Lipinski definition) is 2. The first-order valence-corrected chi connectivity index (χ1v) is 7.55. The molecule has 23 heavy (non-hydrogen) atoms. The molecule has 4 rings (SSSR count). The third-order valence-electron chi connectivity index (χ3n) is 3.70. The van der Waals surface area contributed by atoms with Gasteiger partial charge in [0.25, 0.3) is 0 Å². The van der Waals surface area contributed by atoms with Crippen molar-refractivity contribution in [3.8, 4) is 28.2 Å². The number of rotatable bonds is 3. The number of hydrogen-bond donors (Lipinski definition) is 0. The second-order valence-corrected chi connectivity index (χ2v) is 5.25. The molecule has 0 saturated heterocycles. The third kappa shape index (κ3) is 2.64. The van der Waals surface area contributed by atoms with E-state index in [-0.39, 0.29) is 0 Å². The fourth-order valence-corrected chi connectivity index (χ4v) is 2.56. The maximum atomic E-state index is 4.73. The lowest BCUT2D eigenvalue weighted by molar-refractivity contribution is 0.755. The van der Waals surface area contributed by atoms with Crippen molar-refractivity contribution in [3.05, 3.63) is 91.0 Å². The first-order chi connectivity index (χ1) is 11.4. The van der Waals surface area contributed by atoms with Crippen LogP contribution in [0.25, 0.3) is 28.2 Å². The van der Waals surface area contributed by atoms with Gasteiger partial charge in [-0.25, -0.2) is 0 Å². The van der Waals surface area contributed by atoms with Crippen molar-refractivity contribution in [2.75, 3.05) is 0 Å². The van der Waals surface area contributed by atoms with E-state index in [0.29, 0.717) is 0 Å². The van der Waals surface area contributed by atoms with Crippen LogP contribution in [0.4, 0.5) is 0 Å². The van der Waals surface area contributed by atoms with Crippen LogP contribution in [0, 0.1) is 0 Å². The van der Waals surface area contributed by atoms with E-state index < -0.39 is 0 Å². The second-order valence-electron chi connectivity index (χ2n) is 5.25. The minimum absolute atomic E-state index is 0.889. The van der Waals surface area contributed by atoms with Gasteiger partial charge in [0.15, 0.2) is 0 Å². The molecular formula is C20H15N3. The molecule has 0 spiro atoms. The molecule has 3 aromatic carbocycles. The summed E-state index contributed by atoms with van der Waals surface area (Å²) in [6.07, 6.45) is 0. The average Bonchev–Trinajstić information content (AvgIpc) is 3.09. The van der Waals surface area contributed by atoms with Crippen molar-refractivity contribution < 1.29 is 0 Å². The van der Waals surface area contributed by atoms with Crippen molar-refractivity contribution in [1.82, 2.24) is 15.0 Å². The van der Waals surface area contributed by atoms with Crippen molar-refractivity contribution in [3.63, 3.8) is 0 Å². The van der Waals surface area contributed by atoms with Crippen LogP contribution in [0.3, 0.4) is 0 Å². The van der Waals surface area contributed by atoms with E-state index in [2.05, 4.69) is 24.3 Å². The largest absolute Gasteiger partial charge is 0.150 e. The highest BCUT2D eigenvalue weighted by molar-refractivity contribution is 5.77. The highest BCUT2D eigenvalue weighted by atomic mass is 15.5. The summed E-state index contributed by atoms with van der Waals surface area (Å²) in [4.78, 5) is 1.70. The molecule has 0 atom stereocenters. The maximum Gasteiger partial charge on any atom is 0.121 e. The zero-order chi connectivity index (χ0) is 15.5. The van der Waals surface area contributed by atoms with Gasteiger partial charge in [-0.05, 0) is 12.1 Å². The molecule has 0 N–H and O–H groups in total. The Morgan fingerprint density at radius 2 is 0.870 bits per heavy atom. The van der Waals surface area contributed by atoms with Gasteiger partial charge in [-0.15, -0.1) is 10.2 Å². The smallest absolute Gasteiger partial charge is 0.121 e. The van der Waals surface area contributed by atoms with Crippen molar-refractivity contribution >= 4 is 0 Å². The first kappa shape index (κ1) is 13.5. The Bertz CT molecular complexity index is 841. The summed E-state index contributed by atoms with van der Waals surface area (Å²) in [6.45, 7) is 0. The normalized spacial score (nSPS) is 10.6. The molecule has 1 aromatic heterocycles. The van der Waals surface area contributed by atoms with Crippen molar-refractivity contribution in [2.24, 2.45) is 0 Å². The maximum absolute atomic E-state index is 4.73. The Labute approximate surface area is 134 Å².